The average molecular weight is 818 g/mol. The third-order valence-electron chi connectivity index (χ3n) is 12.6. The molecule has 0 aliphatic heterocycles. The fraction of sp³-hybridized carbons (Fsp3) is 0.0167. The van der Waals surface area contributed by atoms with Gasteiger partial charge in [0, 0.05) is 22.3 Å². The van der Waals surface area contributed by atoms with Crippen LogP contribution in [0.15, 0.2) is 241 Å². The molecule has 0 N–H and O–H groups in total. The van der Waals surface area contributed by atoms with E-state index >= 15 is 0 Å². The molecule has 1 aliphatic rings. The normalized spacial score (nSPS) is 14.0. The van der Waals surface area contributed by atoms with Crippen LogP contribution in [0.2, 0.25) is 0 Å². The molecule has 0 radical (unpaired) electrons. The Morgan fingerprint density at radius 3 is 1.48 bits per heavy atom. The highest BCUT2D eigenvalue weighted by atomic mass is 16.3. The second-order valence-corrected chi connectivity index (χ2v) is 16.3. The summed E-state index contributed by atoms with van der Waals surface area (Å²) >= 11 is 0. The van der Waals surface area contributed by atoms with Crippen molar-refractivity contribution in [2.24, 2.45) is 0 Å². The molecule has 4 heteroatoms. The van der Waals surface area contributed by atoms with E-state index < -0.39 is 5.41 Å². The van der Waals surface area contributed by atoms with E-state index in [1.54, 1.807) is 0 Å². The molecule has 11 aromatic rings. The van der Waals surface area contributed by atoms with Crippen molar-refractivity contribution < 1.29 is 4.42 Å². The van der Waals surface area contributed by atoms with Gasteiger partial charge in [0.1, 0.15) is 5.52 Å². The molecule has 9 aromatic carbocycles. The van der Waals surface area contributed by atoms with Crippen LogP contribution in [0.1, 0.15) is 22.3 Å². The Hall–Kier alpha value is -8.47. The first-order valence-corrected chi connectivity index (χ1v) is 21.7. The number of fused-ring (bicyclic) bond motifs is 4. The number of hydrogen-bond donors (Lipinski definition) is 0. The van der Waals surface area contributed by atoms with Gasteiger partial charge in [-0.1, -0.05) is 188 Å². The van der Waals surface area contributed by atoms with Gasteiger partial charge < -0.3 is 4.42 Å². The molecule has 0 amide bonds. The summed E-state index contributed by atoms with van der Waals surface area (Å²) in [5.74, 6) is 1.31. The Balaban J connectivity index is 0.975. The number of benzene rings is 9. The minimum atomic E-state index is -0.609. The SMILES string of the molecule is c1ccc(-c2cc(-c3ccccc3)nc(-c3cccc(-c4cccc(-c5ccc6c(c5)C(c5ccccc5)(c5ccc7oc(-c8ccccc8)nc7c5)c5ccccc5-6)c4)c3)n2)cc1. The summed E-state index contributed by atoms with van der Waals surface area (Å²) in [5, 5.41) is 0. The van der Waals surface area contributed by atoms with Gasteiger partial charge >= 0.3 is 0 Å². The van der Waals surface area contributed by atoms with Gasteiger partial charge in [0.15, 0.2) is 11.4 Å². The van der Waals surface area contributed by atoms with Gasteiger partial charge in [0.2, 0.25) is 5.89 Å². The maximum atomic E-state index is 6.34. The zero-order chi connectivity index (χ0) is 42.5. The lowest BCUT2D eigenvalue weighted by Gasteiger charge is -2.34. The van der Waals surface area contributed by atoms with Crippen molar-refractivity contribution in [2.45, 2.75) is 5.41 Å². The van der Waals surface area contributed by atoms with Crippen molar-refractivity contribution in [2.75, 3.05) is 0 Å². The highest BCUT2D eigenvalue weighted by Gasteiger charge is 2.46. The maximum absolute atomic E-state index is 6.34. The van der Waals surface area contributed by atoms with Crippen molar-refractivity contribution in [3.05, 3.63) is 259 Å². The van der Waals surface area contributed by atoms with E-state index in [2.05, 4.69) is 170 Å². The first-order chi connectivity index (χ1) is 31.7. The van der Waals surface area contributed by atoms with Crippen LogP contribution in [-0.4, -0.2) is 15.0 Å². The number of nitrogens with zero attached hydrogens (tertiary/aromatic N) is 3. The molecule has 0 spiro atoms. The highest BCUT2D eigenvalue weighted by molar-refractivity contribution is 5.90. The molecule has 0 bridgehead atoms. The van der Waals surface area contributed by atoms with Crippen LogP contribution in [0.4, 0.5) is 0 Å². The summed E-state index contributed by atoms with van der Waals surface area (Å²) in [7, 11) is 0. The van der Waals surface area contributed by atoms with Gasteiger partial charge in [-0.15, -0.1) is 0 Å². The van der Waals surface area contributed by atoms with Crippen molar-refractivity contribution in [1.29, 1.82) is 0 Å². The average Bonchev–Trinajstić information content (AvgIpc) is 3.95. The summed E-state index contributed by atoms with van der Waals surface area (Å²) in [4.78, 5) is 15.3. The van der Waals surface area contributed by atoms with E-state index in [1.165, 1.54) is 27.8 Å². The minimum absolute atomic E-state index is 0.609. The Labute approximate surface area is 371 Å². The monoisotopic (exact) mass is 817 g/mol. The fourth-order valence-corrected chi connectivity index (χ4v) is 9.61. The minimum Gasteiger partial charge on any atom is -0.436 e. The maximum Gasteiger partial charge on any atom is 0.227 e. The molecule has 1 aliphatic carbocycles. The molecule has 0 saturated carbocycles. The second-order valence-electron chi connectivity index (χ2n) is 16.3. The summed E-state index contributed by atoms with van der Waals surface area (Å²) in [5.41, 5.74) is 18.6. The Bertz CT molecular complexity index is 3430. The molecule has 0 saturated heterocycles. The van der Waals surface area contributed by atoms with Crippen LogP contribution in [-0.2, 0) is 5.41 Å². The van der Waals surface area contributed by atoms with Gasteiger partial charge in [0.25, 0.3) is 0 Å². The molecular weight excluding hydrogens is 779 g/mol. The Kier molecular flexibility index (Phi) is 9.01. The standard InChI is InChI=1S/C60H39N3O/c1-5-17-40(18-6-1)54-39-55(41-19-7-2-8-20-41)62-58(61-54)47-26-16-25-45(36-47)43-23-15-24-44(35-43)46-31-33-51-50-29-13-14-30-52(50)60(53(51)37-46,48-27-11-4-12-28-48)49-32-34-57-56(38-49)63-59(64-57)42-21-9-3-10-22-42/h1-39H. The number of oxazole rings is 1. The summed E-state index contributed by atoms with van der Waals surface area (Å²) < 4.78 is 6.34. The van der Waals surface area contributed by atoms with Gasteiger partial charge in [-0.3, -0.25) is 0 Å². The van der Waals surface area contributed by atoms with Crippen molar-refractivity contribution >= 4 is 11.1 Å². The predicted octanol–water partition coefficient (Wildman–Crippen LogP) is 15.0. The largest absolute Gasteiger partial charge is 0.436 e. The molecule has 1 atom stereocenters. The topological polar surface area (TPSA) is 51.8 Å². The molecule has 12 rings (SSSR count). The van der Waals surface area contributed by atoms with Gasteiger partial charge in [-0.2, -0.15) is 0 Å². The smallest absolute Gasteiger partial charge is 0.227 e. The molecule has 300 valence electrons. The third-order valence-corrected chi connectivity index (χ3v) is 12.6. The van der Waals surface area contributed by atoms with Crippen LogP contribution in [0.25, 0.3) is 89.8 Å². The van der Waals surface area contributed by atoms with E-state index in [0.717, 1.165) is 72.6 Å². The van der Waals surface area contributed by atoms with Crippen LogP contribution >= 0.6 is 0 Å². The van der Waals surface area contributed by atoms with Gasteiger partial charge in [-0.05, 0) is 104 Å². The van der Waals surface area contributed by atoms with Crippen LogP contribution in [0, 0.1) is 0 Å². The number of aromatic nitrogens is 3. The molecule has 2 aromatic heterocycles. The summed E-state index contributed by atoms with van der Waals surface area (Å²) in [6.07, 6.45) is 0. The van der Waals surface area contributed by atoms with Gasteiger partial charge in [0.05, 0.1) is 16.8 Å². The summed E-state index contributed by atoms with van der Waals surface area (Å²) in [6.45, 7) is 0. The predicted molar refractivity (Wildman–Crippen MR) is 260 cm³/mol. The number of rotatable bonds is 8. The van der Waals surface area contributed by atoms with E-state index in [9.17, 15) is 0 Å². The van der Waals surface area contributed by atoms with Gasteiger partial charge in [-0.25, -0.2) is 15.0 Å². The Morgan fingerprint density at radius 1 is 0.312 bits per heavy atom. The van der Waals surface area contributed by atoms with Crippen molar-refractivity contribution in [3.63, 3.8) is 0 Å². The fourth-order valence-electron chi connectivity index (χ4n) is 9.61. The third kappa shape index (κ3) is 6.35. The zero-order valence-electron chi connectivity index (χ0n) is 34.8. The second kappa shape index (κ2) is 15.5. The quantitative estimate of drug-likeness (QED) is 0.153. The molecule has 2 heterocycles. The highest BCUT2D eigenvalue weighted by Crippen LogP contribution is 2.57. The van der Waals surface area contributed by atoms with Crippen LogP contribution in [0.3, 0.4) is 0 Å². The lowest BCUT2D eigenvalue weighted by Crippen LogP contribution is -2.28. The van der Waals surface area contributed by atoms with E-state index in [0.29, 0.717) is 11.7 Å². The van der Waals surface area contributed by atoms with Crippen LogP contribution < -0.4 is 0 Å². The first kappa shape index (κ1) is 37.3. The first-order valence-electron chi connectivity index (χ1n) is 21.7. The molecule has 0 fully saturated rings. The van der Waals surface area contributed by atoms with E-state index in [1.807, 2.05) is 66.7 Å². The summed E-state index contributed by atoms with van der Waals surface area (Å²) in [6, 6.07) is 83.6. The Morgan fingerprint density at radius 2 is 0.828 bits per heavy atom. The lowest BCUT2D eigenvalue weighted by atomic mass is 9.67. The van der Waals surface area contributed by atoms with Crippen molar-refractivity contribution in [3.8, 4) is 78.7 Å². The molecule has 4 nitrogen and oxygen atoms in total. The van der Waals surface area contributed by atoms with E-state index in [4.69, 9.17) is 19.4 Å². The molecular formula is C60H39N3O. The molecule has 64 heavy (non-hydrogen) atoms. The number of hydrogen-bond acceptors (Lipinski definition) is 4. The van der Waals surface area contributed by atoms with E-state index in [-0.39, 0.29) is 0 Å². The molecule has 1 unspecified atom stereocenters. The van der Waals surface area contributed by atoms with Crippen molar-refractivity contribution in [1.82, 2.24) is 15.0 Å². The lowest BCUT2D eigenvalue weighted by molar-refractivity contribution is 0.619. The van der Waals surface area contributed by atoms with Crippen LogP contribution in [0.5, 0.6) is 0 Å². The zero-order valence-corrected chi connectivity index (χ0v) is 34.8.